The molecular formula is C21H25FN2O2. The first-order valence-corrected chi connectivity index (χ1v) is 8.89. The molecule has 2 aromatic carbocycles. The Morgan fingerprint density at radius 2 is 1.69 bits per heavy atom. The van der Waals surface area contributed by atoms with Crippen molar-refractivity contribution in [2.24, 2.45) is 5.92 Å². The Labute approximate surface area is 153 Å². The molecule has 2 N–H and O–H groups in total. The largest absolute Gasteiger partial charge is 0.354 e. The summed E-state index contributed by atoms with van der Waals surface area (Å²) >= 11 is 0. The molecule has 2 amide bonds. The molecule has 138 valence electrons. The third-order valence-corrected chi connectivity index (χ3v) is 4.44. The van der Waals surface area contributed by atoms with Crippen LogP contribution in [0.15, 0.2) is 54.6 Å². The normalized spacial score (nSPS) is 12.9. The molecule has 0 heterocycles. The second-order valence-corrected chi connectivity index (χ2v) is 6.37. The SMILES string of the molecule is CC[C@H](C)[C@H](NC(=O)c1ccccc1)C(=O)NCCc1ccc(F)cc1. The van der Waals surface area contributed by atoms with Gasteiger partial charge >= 0.3 is 0 Å². The van der Waals surface area contributed by atoms with Crippen LogP contribution in [0.25, 0.3) is 0 Å². The zero-order valence-corrected chi connectivity index (χ0v) is 15.2. The minimum Gasteiger partial charge on any atom is -0.354 e. The van der Waals surface area contributed by atoms with E-state index in [1.54, 1.807) is 36.4 Å². The van der Waals surface area contributed by atoms with Crippen LogP contribution < -0.4 is 10.6 Å². The number of benzene rings is 2. The highest BCUT2D eigenvalue weighted by Gasteiger charge is 2.25. The molecule has 5 heteroatoms. The monoisotopic (exact) mass is 356 g/mol. The van der Waals surface area contributed by atoms with Gasteiger partial charge in [-0.3, -0.25) is 9.59 Å². The van der Waals surface area contributed by atoms with Crippen molar-refractivity contribution in [3.05, 3.63) is 71.5 Å². The highest BCUT2D eigenvalue weighted by Crippen LogP contribution is 2.10. The van der Waals surface area contributed by atoms with Gasteiger partial charge in [-0.15, -0.1) is 0 Å². The lowest BCUT2D eigenvalue weighted by Crippen LogP contribution is -2.50. The molecule has 0 unspecified atom stereocenters. The average molecular weight is 356 g/mol. The Morgan fingerprint density at radius 3 is 2.31 bits per heavy atom. The van der Waals surface area contributed by atoms with E-state index in [1.165, 1.54) is 12.1 Å². The molecule has 2 atom stereocenters. The first-order valence-electron chi connectivity index (χ1n) is 8.89. The van der Waals surface area contributed by atoms with E-state index in [4.69, 9.17) is 0 Å². The number of rotatable bonds is 8. The Kier molecular flexibility index (Phi) is 7.33. The maximum atomic E-state index is 12.9. The molecule has 4 nitrogen and oxygen atoms in total. The summed E-state index contributed by atoms with van der Waals surface area (Å²) in [5.41, 5.74) is 1.47. The van der Waals surface area contributed by atoms with Crippen molar-refractivity contribution in [3.63, 3.8) is 0 Å². The summed E-state index contributed by atoms with van der Waals surface area (Å²) in [6.07, 6.45) is 1.37. The van der Waals surface area contributed by atoms with Gasteiger partial charge in [-0.25, -0.2) is 4.39 Å². The highest BCUT2D eigenvalue weighted by atomic mass is 19.1. The number of halogens is 1. The van der Waals surface area contributed by atoms with Crippen molar-refractivity contribution in [1.29, 1.82) is 0 Å². The lowest BCUT2D eigenvalue weighted by molar-refractivity contribution is -0.124. The van der Waals surface area contributed by atoms with Gasteiger partial charge in [0, 0.05) is 12.1 Å². The number of hydrogen-bond acceptors (Lipinski definition) is 2. The summed E-state index contributed by atoms with van der Waals surface area (Å²) in [6.45, 7) is 4.35. The molecule has 0 bridgehead atoms. The molecule has 0 saturated heterocycles. The average Bonchev–Trinajstić information content (AvgIpc) is 2.67. The van der Waals surface area contributed by atoms with E-state index in [0.29, 0.717) is 18.5 Å². The van der Waals surface area contributed by atoms with Crippen LogP contribution >= 0.6 is 0 Å². The predicted molar refractivity (Wildman–Crippen MR) is 100 cm³/mol. The Hall–Kier alpha value is -2.69. The minimum absolute atomic E-state index is 0.00785. The number of amides is 2. The van der Waals surface area contributed by atoms with Crippen LogP contribution in [0.2, 0.25) is 0 Å². The number of carbonyl (C=O) groups excluding carboxylic acids is 2. The molecule has 0 aliphatic carbocycles. The lowest BCUT2D eigenvalue weighted by atomic mass is 9.97. The van der Waals surface area contributed by atoms with Crippen LogP contribution in [-0.2, 0) is 11.2 Å². The fourth-order valence-corrected chi connectivity index (χ4v) is 2.61. The first kappa shape index (κ1) is 19.6. The summed E-state index contributed by atoms with van der Waals surface area (Å²) in [5.74, 6) is -0.734. The quantitative estimate of drug-likeness (QED) is 0.762. The summed E-state index contributed by atoms with van der Waals surface area (Å²) in [7, 11) is 0. The van der Waals surface area contributed by atoms with E-state index >= 15 is 0 Å². The van der Waals surface area contributed by atoms with Crippen LogP contribution in [0, 0.1) is 11.7 Å². The van der Waals surface area contributed by atoms with E-state index in [-0.39, 0.29) is 23.5 Å². The van der Waals surface area contributed by atoms with Crippen LogP contribution in [-0.4, -0.2) is 24.4 Å². The van der Waals surface area contributed by atoms with Crippen molar-refractivity contribution in [2.45, 2.75) is 32.7 Å². The van der Waals surface area contributed by atoms with Crippen molar-refractivity contribution in [1.82, 2.24) is 10.6 Å². The number of nitrogens with one attached hydrogen (secondary N) is 2. The molecule has 2 rings (SSSR count). The van der Waals surface area contributed by atoms with Gasteiger partial charge in [-0.05, 0) is 42.2 Å². The third-order valence-electron chi connectivity index (χ3n) is 4.44. The van der Waals surface area contributed by atoms with E-state index in [0.717, 1.165) is 12.0 Å². The van der Waals surface area contributed by atoms with Crippen molar-refractivity contribution < 1.29 is 14.0 Å². The van der Waals surface area contributed by atoms with Gasteiger partial charge in [-0.1, -0.05) is 50.6 Å². The highest BCUT2D eigenvalue weighted by molar-refractivity contribution is 5.97. The molecule has 0 spiro atoms. The van der Waals surface area contributed by atoms with Crippen LogP contribution in [0.1, 0.15) is 36.2 Å². The summed E-state index contributed by atoms with van der Waals surface area (Å²) in [5, 5.41) is 5.71. The van der Waals surface area contributed by atoms with E-state index < -0.39 is 6.04 Å². The Balaban J connectivity index is 1.93. The lowest BCUT2D eigenvalue weighted by Gasteiger charge is -2.23. The zero-order chi connectivity index (χ0) is 18.9. The van der Waals surface area contributed by atoms with Gasteiger partial charge in [0.1, 0.15) is 11.9 Å². The topological polar surface area (TPSA) is 58.2 Å². The van der Waals surface area contributed by atoms with Crippen LogP contribution in [0.5, 0.6) is 0 Å². The fraction of sp³-hybridized carbons (Fsp3) is 0.333. The molecule has 0 aliphatic heterocycles. The maximum Gasteiger partial charge on any atom is 0.251 e. The molecule has 0 aliphatic rings. The molecule has 26 heavy (non-hydrogen) atoms. The van der Waals surface area contributed by atoms with Gasteiger partial charge < -0.3 is 10.6 Å². The van der Waals surface area contributed by atoms with Crippen LogP contribution in [0.4, 0.5) is 4.39 Å². The van der Waals surface area contributed by atoms with Crippen molar-refractivity contribution in [3.8, 4) is 0 Å². The maximum absolute atomic E-state index is 12.9. The third kappa shape index (κ3) is 5.69. The summed E-state index contributed by atoms with van der Waals surface area (Å²) in [4.78, 5) is 24.9. The van der Waals surface area contributed by atoms with Gasteiger partial charge in [0.05, 0.1) is 0 Å². The summed E-state index contributed by atoms with van der Waals surface area (Å²) < 4.78 is 12.9. The van der Waals surface area contributed by atoms with Crippen molar-refractivity contribution >= 4 is 11.8 Å². The second-order valence-electron chi connectivity index (χ2n) is 6.37. The number of hydrogen-bond donors (Lipinski definition) is 2. The van der Waals surface area contributed by atoms with Gasteiger partial charge in [0.2, 0.25) is 5.91 Å². The zero-order valence-electron chi connectivity index (χ0n) is 15.2. The van der Waals surface area contributed by atoms with E-state index in [1.807, 2.05) is 19.9 Å². The molecule has 0 aromatic heterocycles. The standard InChI is InChI=1S/C21H25FN2O2/c1-3-15(2)19(24-20(25)17-7-5-4-6-8-17)21(26)23-14-13-16-9-11-18(22)12-10-16/h4-12,15,19H,3,13-14H2,1-2H3,(H,23,26)(H,24,25)/t15-,19-/m0/s1. The second kappa shape index (κ2) is 9.70. The van der Waals surface area contributed by atoms with Gasteiger partial charge in [-0.2, -0.15) is 0 Å². The summed E-state index contributed by atoms with van der Waals surface area (Å²) in [6, 6.07) is 14.5. The molecular weight excluding hydrogens is 331 g/mol. The molecule has 0 saturated carbocycles. The van der Waals surface area contributed by atoms with E-state index in [2.05, 4.69) is 10.6 Å². The number of carbonyl (C=O) groups is 2. The smallest absolute Gasteiger partial charge is 0.251 e. The molecule has 0 fully saturated rings. The fourth-order valence-electron chi connectivity index (χ4n) is 2.61. The van der Waals surface area contributed by atoms with E-state index in [9.17, 15) is 14.0 Å². The predicted octanol–water partition coefficient (Wildman–Crippen LogP) is 3.33. The van der Waals surface area contributed by atoms with Gasteiger partial charge in [0.15, 0.2) is 0 Å². The van der Waals surface area contributed by atoms with Crippen molar-refractivity contribution in [2.75, 3.05) is 6.54 Å². The Bertz CT molecular complexity index is 717. The first-order chi connectivity index (χ1) is 12.5. The van der Waals surface area contributed by atoms with Crippen LogP contribution in [0.3, 0.4) is 0 Å². The molecule has 0 radical (unpaired) electrons. The Morgan fingerprint density at radius 1 is 1.04 bits per heavy atom. The molecule has 2 aromatic rings. The minimum atomic E-state index is -0.596. The van der Waals surface area contributed by atoms with Gasteiger partial charge in [0.25, 0.3) is 5.91 Å².